The monoisotopic (exact) mass is 357 g/mol. The Morgan fingerprint density at radius 1 is 1.25 bits per heavy atom. The van der Waals surface area contributed by atoms with Gasteiger partial charge in [0.15, 0.2) is 0 Å². The van der Waals surface area contributed by atoms with E-state index in [1.165, 1.54) is 17.0 Å². The minimum Gasteiger partial charge on any atom is -0.339 e. The predicted octanol–water partition coefficient (Wildman–Crippen LogP) is 3.79. The highest BCUT2D eigenvalue weighted by molar-refractivity contribution is 8.13. The van der Waals surface area contributed by atoms with Crippen molar-refractivity contribution in [2.75, 3.05) is 13.1 Å². The predicted molar refractivity (Wildman–Crippen MR) is 81.4 cm³/mol. The summed E-state index contributed by atoms with van der Waals surface area (Å²) in [4.78, 5) is 13.6. The third-order valence-corrected chi connectivity index (χ3v) is 4.88. The van der Waals surface area contributed by atoms with Crippen molar-refractivity contribution >= 4 is 48.8 Å². The molecule has 0 spiro atoms. The smallest absolute Gasteiger partial charge is 0.262 e. The molecule has 0 saturated carbocycles. The zero-order chi connectivity index (χ0) is 15.5. The summed E-state index contributed by atoms with van der Waals surface area (Å²) in [6.07, 6.45) is 0.766. The van der Waals surface area contributed by atoms with Crippen molar-refractivity contribution in [3.8, 4) is 0 Å². The molecule has 0 radical (unpaired) electrons. The standard InChI is InChI=1S/C12H14Cl3NO3S/c1-3-7-16(4-2)12(17)10-8(13)5-6-9(11(10)14)20(15,18)19/h5-6H,3-4,7H2,1-2H3. The van der Waals surface area contributed by atoms with E-state index in [0.717, 1.165) is 6.42 Å². The summed E-state index contributed by atoms with van der Waals surface area (Å²) in [6, 6.07) is 2.48. The minimum absolute atomic E-state index is 0.0367. The van der Waals surface area contributed by atoms with Gasteiger partial charge < -0.3 is 4.90 Å². The minimum atomic E-state index is -4.04. The first kappa shape index (κ1) is 17.6. The Morgan fingerprint density at radius 3 is 2.30 bits per heavy atom. The summed E-state index contributed by atoms with van der Waals surface area (Å²) in [7, 11) is 1.25. The second-order valence-corrected chi connectivity index (χ2v) is 7.38. The molecule has 0 heterocycles. The van der Waals surface area contributed by atoms with Crippen LogP contribution < -0.4 is 0 Å². The zero-order valence-electron chi connectivity index (χ0n) is 11.0. The third-order valence-electron chi connectivity index (χ3n) is 2.69. The first-order valence-electron chi connectivity index (χ1n) is 5.95. The van der Waals surface area contributed by atoms with E-state index in [1.54, 1.807) is 0 Å². The number of nitrogens with zero attached hydrogens (tertiary/aromatic N) is 1. The van der Waals surface area contributed by atoms with Gasteiger partial charge in [-0.3, -0.25) is 4.79 Å². The van der Waals surface area contributed by atoms with Crippen LogP contribution in [0.3, 0.4) is 0 Å². The molecule has 0 aromatic heterocycles. The Hall–Kier alpha value is -0.490. The number of hydrogen-bond acceptors (Lipinski definition) is 3. The van der Waals surface area contributed by atoms with E-state index in [2.05, 4.69) is 0 Å². The first-order chi connectivity index (χ1) is 9.23. The van der Waals surface area contributed by atoms with Gasteiger partial charge in [0.2, 0.25) is 0 Å². The molecule has 1 aromatic rings. The van der Waals surface area contributed by atoms with Crippen molar-refractivity contribution < 1.29 is 13.2 Å². The number of amides is 1. The van der Waals surface area contributed by atoms with Crippen molar-refractivity contribution in [1.82, 2.24) is 4.90 Å². The lowest BCUT2D eigenvalue weighted by atomic mass is 10.2. The van der Waals surface area contributed by atoms with E-state index in [4.69, 9.17) is 33.9 Å². The van der Waals surface area contributed by atoms with Crippen molar-refractivity contribution in [1.29, 1.82) is 0 Å². The Labute approximate surface area is 133 Å². The molecular formula is C12H14Cl3NO3S. The summed E-state index contributed by atoms with van der Waals surface area (Å²) in [5.41, 5.74) is -0.0367. The molecule has 0 saturated heterocycles. The number of carbonyl (C=O) groups is 1. The molecule has 8 heteroatoms. The van der Waals surface area contributed by atoms with Crippen LogP contribution in [0.1, 0.15) is 30.6 Å². The van der Waals surface area contributed by atoms with Gasteiger partial charge in [-0.05, 0) is 25.5 Å². The fourth-order valence-electron chi connectivity index (χ4n) is 1.75. The summed E-state index contributed by atoms with van der Waals surface area (Å²) in [5, 5.41) is -0.148. The lowest BCUT2D eigenvalue weighted by Crippen LogP contribution is -2.32. The molecule has 0 N–H and O–H groups in total. The number of hydrogen-bond donors (Lipinski definition) is 0. The average Bonchev–Trinajstić information content (AvgIpc) is 2.34. The Morgan fingerprint density at radius 2 is 1.85 bits per heavy atom. The Balaban J connectivity index is 3.41. The summed E-state index contributed by atoms with van der Waals surface area (Å²) in [5.74, 6) is -0.411. The molecule has 0 fully saturated rings. The van der Waals surface area contributed by atoms with Gasteiger partial charge in [-0.2, -0.15) is 0 Å². The molecule has 20 heavy (non-hydrogen) atoms. The number of benzene rings is 1. The molecule has 0 aliphatic heterocycles. The van der Waals surface area contributed by atoms with Gasteiger partial charge in [0, 0.05) is 23.8 Å². The van der Waals surface area contributed by atoms with Crippen LogP contribution in [0, 0.1) is 0 Å². The number of rotatable bonds is 5. The number of carbonyl (C=O) groups excluding carboxylic acids is 1. The van der Waals surface area contributed by atoms with Crippen LogP contribution in [0.15, 0.2) is 17.0 Å². The highest BCUT2D eigenvalue weighted by Crippen LogP contribution is 2.33. The topological polar surface area (TPSA) is 54.5 Å². The van der Waals surface area contributed by atoms with Crippen LogP contribution in [-0.2, 0) is 9.05 Å². The maximum Gasteiger partial charge on any atom is 0.262 e. The SMILES string of the molecule is CCCN(CC)C(=O)c1c(Cl)ccc(S(=O)(=O)Cl)c1Cl. The molecule has 0 aliphatic carbocycles. The van der Waals surface area contributed by atoms with Gasteiger partial charge >= 0.3 is 0 Å². The van der Waals surface area contributed by atoms with Crippen LogP contribution in [-0.4, -0.2) is 32.3 Å². The molecule has 1 rings (SSSR count). The van der Waals surface area contributed by atoms with Crippen molar-refractivity contribution in [2.45, 2.75) is 25.2 Å². The fraction of sp³-hybridized carbons (Fsp3) is 0.417. The van der Waals surface area contributed by atoms with Crippen molar-refractivity contribution in [3.05, 3.63) is 27.7 Å². The Bertz CT molecular complexity index is 617. The molecule has 1 aromatic carbocycles. The maximum atomic E-state index is 12.4. The molecule has 112 valence electrons. The van der Waals surface area contributed by atoms with Gasteiger partial charge in [0.1, 0.15) is 4.90 Å². The first-order valence-corrected chi connectivity index (χ1v) is 9.02. The van der Waals surface area contributed by atoms with Gasteiger partial charge in [0.25, 0.3) is 15.0 Å². The van der Waals surface area contributed by atoms with E-state index in [0.29, 0.717) is 13.1 Å². The molecule has 1 amide bonds. The largest absolute Gasteiger partial charge is 0.339 e. The van der Waals surface area contributed by atoms with Crippen LogP contribution in [0.2, 0.25) is 10.0 Å². The Kier molecular flexibility index (Phi) is 6.13. The molecule has 0 atom stereocenters. The van der Waals surface area contributed by atoms with Gasteiger partial charge in [-0.25, -0.2) is 8.42 Å². The van der Waals surface area contributed by atoms with Gasteiger partial charge in [0.05, 0.1) is 15.6 Å². The van der Waals surface area contributed by atoms with E-state index in [1.807, 2.05) is 13.8 Å². The third kappa shape index (κ3) is 3.79. The average molecular weight is 359 g/mol. The zero-order valence-corrected chi connectivity index (χ0v) is 14.1. The number of halogens is 3. The second kappa shape index (κ2) is 6.98. The van der Waals surface area contributed by atoms with E-state index in [-0.39, 0.29) is 20.5 Å². The molecule has 4 nitrogen and oxygen atoms in total. The summed E-state index contributed by atoms with van der Waals surface area (Å²) in [6.45, 7) is 4.74. The lowest BCUT2D eigenvalue weighted by molar-refractivity contribution is 0.0764. The van der Waals surface area contributed by atoms with Crippen LogP contribution in [0.5, 0.6) is 0 Å². The van der Waals surface area contributed by atoms with Gasteiger partial charge in [-0.1, -0.05) is 30.1 Å². The second-order valence-electron chi connectivity index (χ2n) is 4.06. The molecule has 0 bridgehead atoms. The fourth-order valence-corrected chi connectivity index (χ4v) is 3.64. The molecule has 0 unspecified atom stereocenters. The van der Waals surface area contributed by atoms with E-state index >= 15 is 0 Å². The van der Waals surface area contributed by atoms with Crippen LogP contribution >= 0.6 is 33.9 Å². The molecule has 0 aliphatic rings. The summed E-state index contributed by atoms with van der Waals surface area (Å²) < 4.78 is 22.8. The van der Waals surface area contributed by atoms with Crippen molar-refractivity contribution in [3.63, 3.8) is 0 Å². The van der Waals surface area contributed by atoms with Crippen molar-refractivity contribution in [2.24, 2.45) is 0 Å². The summed E-state index contributed by atoms with van der Waals surface area (Å²) >= 11 is 12.0. The maximum absolute atomic E-state index is 12.4. The highest BCUT2D eigenvalue weighted by Gasteiger charge is 2.25. The van der Waals surface area contributed by atoms with E-state index in [9.17, 15) is 13.2 Å². The quantitative estimate of drug-likeness (QED) is 0.752. The van der Waals surface area contributed by atoms with Crippen LogP contribution in [0.4, 0.5) is 0 Å². The van der Waals surface area contributed by atoms with Gasteiger partial charge in [-0.15, -0.1) is 0 Å². The highest BCUT2D eigenvalue weighted by atomic mass is 35.7. The molecular weight excluding hydrogens is 345 g/mol. The normalized spacial score (nSPS) is 11.4. The van der Waals surface area contributed by atoms with E-state index < -0.39 is 15.0 Å². The van der Waals surface area contributed by atoms with Crippen LogP contribution in [0.25, 0.3) is 0 Å². The lowest BCUT2D eigenvalue weighted by Gasteiger charge is -2.21.